The number of aromatic nitrogens is 4. The number of oxazole rings is 1. The summed E-state index contributed by atoms with van der Waals surface area (Å²) < 4.78 is 11.3. The van der Waals surface area contributed by atoms with Crippen LogP contribution in [0.5, 0.6) is 0 Å². The molecule has 2 aromatic heterocycles. The van der Waals surface area contributed by atoms with Crippen molar-refractivity contribution in [3.05, 3.63) is 29.5 Å². The summed E-state index contributed by atoms with van der Waals surface area (Å²) in [7, 11) is 0. The largest absolute Gasteiger partial charge is 0.445 e. The molecule has 2 aromatic rings. The van der Waals surface area contributed by atoms with Gasteiger partial charge < -0.3 is 9.15 Å². The molecule has 20 heavy (non-hydrogen) atoms. The highest BCUT2D eigenvalue weighted by Gasteiger charge is 2.26. The number of hydrogen-bond acceptors (Lipinski definition) is 6. The first-order chi connectivity index (χ1) is 9.74. The number of aryl methyl sites for hydroxylation is 2. The fourth-order valence-corrected chi connectivity index (χ4v) is 2.28. The van der Waals surface area contributed by atoms with E-state index in [2.05, 4.69) is 25.1 Å². The third kappa shape index (κ3) is 2.88. The smallest absolute Gasteiger partial charge is 0.208 e. The van der Waals surface area contributed by atoms with E-state index in [1.54, 1.807) is 6.20 Å². The van der Waals surface area contributed by atoms with Gasteiger partial charge in [0.15, 0.2) is 5.82 Å². The molecule has 1 saturated heterocycles. The molecular formula is C13H19N5O2. The van der Waals surface area contributed by atoms with E-state index in [0.29, 0.717) is 13.2 Å². The molecule has 1 aliphatic heterocycles. The van der Waals surface area contributed by atoms with Gasteiger partial charge in [-0.15, -0.1) is 0 Å². The van der Waals surface area contributed by atoms with Crippen LogP contribution in [0.1, 0.15) is 36.3 Å². The maximum absolute atomic E-state index is 5.76. The number of H-pyrrole nitrogens is 1. The van der Waals surface area contributed by atoms with Crippen LogP contribution < -0.4 is 0 Å². The SMILES string of the molecule is CCc1nc([C@@H]2CN(Cc3ncc(C)o3)CCO2)n[nH]1. The maximum Gasteiger partial charge on any atom is 0.208 e. The Morgan fingerprint density at radius 1 is 1.50 bits per heavy atom. The predicted molar refractivity (Wildman–Crippen MR) is 71.0 cm³/mol. The molecule has 0 aromatic carbocycles. The van der Waals surface area contributed by atoms with E-state index in [1.165, 1.54) is 0 Å². The van der Waals surface area contributed by atoms with Crippen LogP contribution in [-0.2, 0) is 17.7 Å². The van der Waals surface area contributed by atoms with E-state index in [-0.39, 0.29) is 6.10 Å². The van der Waals surface area contributed by atoms with Crippen LogP contribution in [0.25, 0.3) is 0 Å². The minimum atomic E-state index is -0.0867. The number of aromatic amines is 1. The molecule has 7 nitrogen and oxygen atoms in total. The lowest BCUT2D eigenvalue weighted by Crippen LogP contribution is -2.38. The molecule has 1 fully saturated rings. The quantitative estimate of drug-likeness (QED) is 0.905. The Balaban J connectivity index is 1.64. The highest BCUT2D eigenvalue weighted by atomic mass is 16.5. The molecule has 0 aliphatic carbocycles. The van der Waals surface area contributed by atoms with Gasteiger partial charge in [-0.1, -0.05) is 6.92 Å². The van der Waals surface area contributed by atoms with Crippen molar-refractivity contribution >= 4 is 0 Å². The average Bonchev–Trinajstić information content (AvgIpc) is 3.08. The van der Waals surface area contributed by atoms with Gasteiger partial charge in [0.25, 0.3) is 0 Å². The van der Waals surface area contributed by atoms with Gasteiger partial charge in [0.2, 0.25) is 5.89 Å². The van der Waals surface area contributed by atoms with Crippen LogP contribution in [0.15, 0.2) is 10.6 Å². The number of nitrogens with zero attached hydrogens (tertiary/aromatic N) is 4. The van der Waals surface area contributed by atoms with Gasteiger partial charge in [0.05, 0.1) is 19.3 Å². The Labute approximate surface area is 117 Å². The normalized spacial score (nSPS) is 20.4. The Kier molecular flexibility index (Phi) is 3.79. The van der Waals surface area contributed by atoms with Crippen molar-refractivity contribution in [2.75, 3.05) is 19.7 Å². The van der Waals surface area contributed by atoms with Gasteiger partial charge in [0.1, 0.15) is 17.7 Å². The molecule has 0 bridgehead atoms. The standard InChI is InChI=1S/C13H19N5O2/c1-3-11-15-13(17-16-11)10-7-18(4-5-19-10)8-12-14-6-9(2)20-12/h6,10H,3-5,7-8H2,1-2H3,(H,15,16,17)/t10-/m0/s1. The summed E-state index contributed by atoms with van der Waals surface area (Å²) in [6.07, 6.45) is 2.51. The Morgan fingerprint density at radius 2 is 2.40 bits per heavy atom. The van der Waals surface area contributed by atoms with E-state index in [4.69, 9.17) is 9.15 Å². The summed E-state index contributed by atoms with van der Waals surface area (Å²) in [5, 5.41) is 7.16. The van der Waals surface area contributed by atoms with E-state index in [1.807, 2.05) is 13.8 Å². The van der Waals surface area contributed by atoms with E-state index >= 15 is 0 Å². The number of nitrogens with one attached hydrogen (secondary N) is 1. The second-order valence-electron chi connectivity index (χ2n) is 4.95. The molecule has 108 valence electrons. The van der Waals surface area contributed by atoms with Crippen molar-refractivity contribution in [3.8, 4) is 0 Å². The molecule has 3 rings (SSSR count). The first-order valence-electron chi connectivity index (χ1n) is 6.91. The highest BCUT2D eigenvalue weighted by Crippen LogP contribution is 2.20. The van der Waals surface area contributed by atoms with Gasteiger partial charge in [-0.2, -0.15) is 5.10 Å². The van der Waals surface area contributed by atoms with Crippen LogP contribution in [0.4, 0.5) is 0 Å². The zero-order chi connectivity index (χ0) is 13.9. The molecular weight excluding hydrogens is 258 g/mol. The summed E-state index contributed by atoms with van der Waals surface area (Å²) >= 11 is 0. The minimum absolute atomic E-state index is 0.0867. The van der Waals surface area contributed by atoms with Gasteiger partial charge in [0, 0.05) is 19.5 Å². The Bertz CT molecular complexity index is 565. The van der Waals surface area contributed by atoms with Crippen LogP contribution in [0, 0.1) is 6.92 Å². The Morgan fingerprint density at radius 3 is 3.10 bits per heavy atom. The lowest BCUT2D eigenvalue weighted by atomic mass is 10.2. The van der Waals surface area contributed by atoms with Crippen molar-refractivity contribution in [1.29, 1.82) is 0 Å². The molecule has 1 aliphatic rings. The fourth-order valence-electron chi connectivity index (χ4n) is 2.28. The van der Waals surface area contributed by atoms with E-state index in [9.17, 15) is 0 Å². The lowest BCUT2D eigenvalue weighted by molar-refractivity contribution is -0.0392. The lowest BCUT2D eigenvalue weighted by Gasteiger charge is -2.30. The maximum atomic E-state index is 5.76. The molecule has 0 unspecified atom stereocenters. The third-order valence-corrected chi connectivity index (χ3v) is 3.35. The molecule has 1 atom stereocenters. The molecule has 3 heterocycles. The molecule has 0 radical (unpaired) electrons. The van der Waals surface area contributed by atoms with Crippen molar-refractivity contribution in [2.24, 2.45) is 0 Å². The summed E-state index contributed by atoms with van der Waals surface area (Å²) in [6.45, 7) is 6.92. The van der Waals surface area contributed by atoms with E-state index in [0.717, 1.165) is 42.8 Å². The van der Waals surface area contributed by atoms with E-state index < -0.39 is 0 Å². The first kappa shape index (κ1) is 13.3. The number of ether oxygens (including phenoxy) is 1. The summed E-state index contributed by atoms with van der Waals surface area (Å²) in [4.78, 5) is 10.9. The average molecular weight is 277 g/mol. The first-order valence-corrected chi connectivity index (χ1v) is 6.91. The van der Waals surface area contributed by atoms with Gasteiger partial charge >= 0.3 is 0 Å². The molecule has 7 heteroatoms. The highest BCUT2D eigenvalue weighted by molar-refractivity contribution is 4.97. The van der Waals surface area contributed by atoms with Crippen molar-refractivity contribution < 1.29 is 9.15 Å². The monoisotopic (exact) mass is 277 g/mol. The number of hydrogen-bond donors (Lipinski definition) is 1. The van der Waals surface area contributed by atoms with Gasteiger partial charge in [-0.25, -0.2) is 9.97 Å². The molecule has 0 amide bonds. The van der Waals surface area contributed by atoms with Crippen molar-refractivity contribution in [1.82, 2.24) is 25.1 Å². The molecule has 0 spiro atoms. The van der Waals surface area contributed by atoms with Crippen LogP contribution in [-0.4, -0.2) is 44.8 Å². The summed E-state index contributed by atoms with van der Waals surface area (Å²) in [6, 6.07) is 0. The third-order valence-electron chi connectivity index (χ3n) is 3.35. The minimum Gasteiger partial charge on any atom is -0.445 e. The second kappa shape index (κ2) is 5.72. The zero-order valence-electron chi connectivity index (χ0n) is 11.8. The Hall–Kier alpha value is -1.73. The summed E-state index contributed by atoms with van der Waals surface area (Å²) in [5.74, 6) is 3.21. The van der Waals surface area contributed by atoms with Crippen LogP contribution in [0.2, 0.25) is 0 Å². The van der Waals surface area contributed by atoms with Crippen LogP contribution in [0.3, 0.4) is 0 Å². The topological polar surface area (TPSA) is 80.1 Å². The summed E-state index contributed by atoms with van der Waals surface area (Å²) in [5.41, 5.74) is 0. The molecule has 0 saturated carbocycles. The van der Waals surface area contributed by atoms with Gasteiger partial charge in [-0.05, 0) is 6.92 Å². The predicted octanol–water partition coefficient (Wildman–Crippen LogP) is 1.24. The zero-order valence-corrected chi connectivity index (χ0v) is 11.8. The number of morpholine rings is 1. The molecule has 1 N–H and O–H groups in total. The van der Waals surface area contributed by atoms with Crippen molar-refractivity contribution in [2.45, 2.75) is 32.9 Å². The number of rotatable bonds is 4. The fraction of sp³-hybridized carbons (Fsp3) is 0.615. The van der Waals surface area contributed by atoms with Crippen molar-refractivity contribution in [3.63, 3.8) is 0 Å². The van der Waals surface area contributed by atoms with Gasteiger partial charge in [-0.3, -0.25) is 10.00 Å². The van der Waals surface area contributed by atoms with Crippen LogP contribution >= 0.6 is 0 Å². The second-order valence-corrected chi connectivity index (χ2v) is 4.95.